The van der Waals surface area contributed by atoms with Gasteiger partial charge in [0, 0.05) is 38.2 Å². The van der Waals surface area contributed by atoms with Gasteiger partial charge >= 0.3 is 5.97 Å². The van der Waals surface area contributed by atoms with E-state index in [4.69, 9.17) is 16.7 Å². The van der Waals surface area contributed by atoms with Crippen LogP contribution < -0.4 is 0 Å². The molecule has 0 aliphatic carbocycles. The fourth-order valence-electron chi connectivity index (χ4n) is 2.92. The summed E-state index contributed by atoms with van der Waals surface area (Å²) in [7, 11) is 1.76. The Balaban J connectivity index is 1.97. The number of aryl methyl sites for hydroxylation is 2. The molecule has 0 aromatic carbocycles. The first-order valence-electron chi connectivity index (χ1n) is 7.76. The average Bonchev–Trinajstić information content (AvgIpc) is 2.76. The van der Waals surface area contributed by atoms with Gasteiger partial charge in [0.1, 0.15) is 5.15 Å². The lowest BCUT2D eigenvalue weighted by Crippen LogP contribution is -2.39. The van der Waals surface area contributed by atoms with Crippen molar-refractivity contribution in [1.29, 1.82) is 0 Å². The SMILES string of the molecule is Cc1nn(C)c(Cl)c1C=CC(=O)N1CCCC(CCC(=O)O)C1. The largest absolute Gasteiger partial charge is 0.481 e. The Morgan fingerprint density at radius 2 is 2.22 bits per heavy atom. The molecule has 1 N–H and O–H groups in total. The fourth-order valence-corrected chi connectivity index (χ4v) is 3.16. The van der Waals surface area contributed by atoms with Gasteiger partial charge in [-0.2, -0.15) is 5.10 Å². The highest BCUT2D eigenvalue weighted by Gasteiger charge is 2.23. The molecule has 2 heterocycles. The molecule has 1 fully saturated rings. The van der Waals surface area contributed by atoms with Crippen molar-refractivity contribution < 1.29 is 14.7 Å². The lowest BCUT2D eigenvalue weighted by molar-refractivity contribution is -0.137. The first-order valence-corrected chi connectivity index (χ1v) is 8.14. The quantitative estimate of drug-likeness (QED) is 0.836. The Hall–Kier alpha value is -1.82. The van der Waals surface area contributed by atoms with Crippen molar-refractivity contribution >= 4 is 29.6 Å². The van der Waals surface area contributed by atoms with E-state index in [1.807, 2.05) is 6.92 Å². The van der Waals surface area contributed by atoms with E-state index >= 15 is 0 Å². The van der Waals surface area contributed by atoms with E-state index in [1.165, 1.54) is 6.08 Å². The van der Waals surface area contributed by atoms with Crippen molar-refractivity contribution in [3.8, 4) is 0 Å². The van der Waals surface area contributed by atoms with Crippen LogP contribution in [0, 0.1) is 12.8 Å². The Morgan fingerprint density at radius 1 is 1.48 bits per heavy atom. The molecule has 1 aromatic rings. The third-order valence-electron chi connectivity index (χ3n) is 4.19. The third-order valence-corrected chi connectivity index (χ3v) is 4.63. The molecule has 23 heavy (non-hydrogen) atoms. The summed E-state index contributed by atoms with van der Waals surface area (Å²) < 4.78 is 1.57. The van der Waals surface area contributed by atoms with Gasteiger partial charge in [-0.3, -0.25) is 14.3 Å². The summed E-state index contributed by atoms with van der Waals surface area (Å²) in [5, 5.41) is 13.5. The second-order valence-corrected chi connectivity index (χ2v) is 6.33. The monoisotopic (exact) mass is 339 g/mol. The van der Waals surface area contributed by atoms with Crippen LogP contribution in [-0.4, -0.2) is 44.8 Å². The summed E-state index contributed by atoms with van der Waals surface area (Å²) in [5.74, 6) is -0.583. The number of halogens is 1. The van der Waals surface area contributed by atoms with E-state index in [0.29, 0.717) is 24.7 Å². The van der Waals surface area contributed by atoms with Gasteiger partial charge in [0.05, 0.1) is 5.69 Å². The third kappa shape index (κ3) is 4.58. The first kappa shape index (κ1) is 17.5. The Kier molecular flexibility index (Phi) is 5.82. The number of likely N-dealkylation sites (tertiary alicyclic amines) is 1. The number of nitrogens with zero attached hydrogens (tertiary/aromatic N) is 3. The van der Waals surface area contributed by atoms with Crippen LogP contribution in [-0.2, 0) is 16.6 Å². The molecule has 0 saturated carbocycles. The molecular formula is C16H22ClN3O3. The molecule has 1 unspecified atom stereocenters. The highest BCUT2D eigenvalue weighted by atomic mass is 35.5. The molecule has 0 bridgehead atoms. The number of amides is 1. The summed E-state index contributed by atoms with van der Waals surface area (Å²) in [5.41, 5.74) is 1.53. The van der Waals surface area contributed by atoms with Crippen molar-refractivity contribution in [2.45, 2.75) is 32.6 Å². The standard InChI is InChI=1S/C16H22ClN3O3/c1-11-13(16(17)19(2)18-11)6-7-14(21)20-9-3-4-12(10-20)5-8-15(22)23/h6-7,12H,3-5,8-10H2,1-2H3,(H,22,23). The zero-order valence-electron chi connectivity index (χ0n) is 13.5. The van der Waals surface area contributed by atoms with E-state index in [-0.39, 0.29) is 18.2 Å². The molecule has 0 radical (unpaired) electrons. The van der Waals surface area contributed by atoms with Gasteiger partial charge in [0.2, 0.25) is 5.91 Å². The summed E-state index contributed by atoms with van der Waals surface area (Å²) >= 11 is 6.15. The number of carbonyl (C=O) groups excluding carboxylic acids is 1. The molecule has 1 aliphatic rings. The Bertz CT molecular complexity index is 624. The summed E-state index contributed by atoms with van der Waals surface area (Å²) in [6, 6.07) is 0. The maximum atomic E-state index is 12.3. The highest BCUT2D eigenvalue weighted by Crippen LogP contribution is 2.23. The maximum Gasteiger partial charge on any atom is 0.303 e. The minimum Gasteiger partial charge on any atom is -0.481 e. The van der Waals surface area contributed by atoms with E-state index < -0.39 is 5.97 Å². The van der Waals surface area contributed by atoms with E-state index in [9.17, 15) is 9.59 Å². The van der Waals surface area contributed by atoms with Crippen molar-refractivity contribution in [2.24, 2.45) is 13.0 Å². The van der Waals surface area contributed by atoms with Crippen molar-refractivity contribution in [1.82, 2.24) is 14.7 Å². The van der Waals surface area contributed by atoms with Crippen LogP contribution in [0.4, 0.5) is 0 Å². The molecule has 1 saturated heterocycles. The van der Waals surface area contributed by atoms with Gasteiger partial charge in [-0.05, 0) is 38.2 Å². The number of aromatic nitrogens is 2. The zero-order chi connectivity index (χ0) is 17.0. The van der Waals surface area contributed by atoms with Crippen LogP contribution in [0.15, 0.2) is 6.08 Å². The van der Waals surface area contributed by atoms with Gasteiger partial charge in [-0.1, -0.05) is 11.6 Å². The summed E-state index contributed by atoms with van der Waals surface area (Å²) in [6.45, 7) is 3.18. The normalized spacial score (nSPS) is 18.6. The van der Waals surface area contributed by atoms with Crippen LogP contribution in [0.3, 0.4) is 0 Å². The van der Waals surface area contributed by atoms with Crippen LogP contribution in [0.5, 0.6) is 0 Å². The van der Waals surface area contributed by atoms with Gasteiger partial charge < -0.3 is 10.0 Å². The molecule has 2 rings (SSSR count). The van der Waals surface area contributed by atoms with Crippen LogP contribution in [0.1, 0.15) is 36.9 Å². The lowest BCUT2D eigenvalue weighted by Gasteiger charge is -2.32. The van der Waals surface area contributed by atoms with Crippen molar-refractivity contribution in [2.75, 3.05) is 13.1 Å². The van der Waals surface area contributed by atoms with E-state index in [1.54, 1.807) is 22.7 Å². The minimum absolute atomic E-state index is 0.0654. The predicted octanol–water partition coefficient (Wildman–Crippen LogP) is 2.50. The second-order valence-electron chi connectivity index (χ2n) is 5.97. The minimum atomic E-state index is -0.782. The number of rotatable bonds is 5. The topological polar surface area (TPSA) is 75.4 Å². The predicted molar refractivity (Wildman–Crippen MR) is 88.2 cm³/mol. The molecule has 1 atom stereocenters. The molecule has 7 heteroatoms. The second kappa shape index (κ2) is 7.64. The van der Waals surface area contributed by atoms with Gasteiger partial charge in [0.25, 0.3) is 0 Å². The first-order chi connectivity index (χ1) is 10.9. The number of carboxylic acids is 1. The van der Waals surface area contributed by atoms with Gasteiger partial charge in [0.15, 0.2) is 0 Å². The zero-order valence-corrected chi connectivity index (χ0v) is 14.2. The highest BCUT2D eigenvalue weighted by molar-refractivity contribution is 6.31. The summed E-state index contributed by atoms with van der Waals surface area (Å²) in [4.78, 5) is 24.8. The Labute approximate surface area is 140 Å². The van der Waals surface area contributed by atoms with Crippen LogP contribution in [0.25, 0.3) is 6.08 Å². The van der Waals surface area contributed by atoms with Gasteiger partial charge in [-0.25, -0.2) is 0 Å². The van der Waals surface area contributed by atoms with Crippen molar-refractivity contribution in [3.63, 3.8) is 0 Å². The number of hydrogen-bond donors (Lipinski definition) is 1. The number of carbonyl (C=O) groups is 2. The maximum absolute atomic E-state index is 12.3. The summed E-state index contributed by atoms with van der Waals surface area (Å²) in [6.07, 6.45) is 5.90. The molecule has 6 nitrogen and oxygen atoms in total. The molecule has 126 valence electrons. The van der Waals surface area contributed by atoms with E-state index in [2.05, 4.69) is 5.10 Å². The molecule has 1 aromatic heterocycles. The van der Waals surface area contributed by atoms with Crippen LogP contribution >= 0.6 is 11.6 Å². The molecule has 0 spiro atoms. The number of piperidine rings is 1. The fraction of sp³-hybridized carbons (Fsp3) is 0.562. The number of hydrogen-bond acceptors (Lipinski definition) is 3. The number of carboxylic acid groups (broad SMARTS) is 1. The van der Waals surface area contributed by atoms with Gasteiger partial charge in [-0.15, -0.1) is 0 Å². The molecule has 1 amide bonds. The Morgan fingerprint density at radius 3 is 2.83 bits per heavy atom. The molecular weight excluding hydrogens is 318 g/mol. The van der Waals surface area contributed by atoms with E-state index in [0.717, 1.165) is 24.1 Å². The smallest absolute Gasteiger partial charge is 0.303 e. The van der Waals surface area contributed by atoms with Crippen molar-refractivity contribution in [3.05, 3.63) is 22.5 Å². The number of aliphatic carboxylic acids is 1. The lowest BCUT2D eigenvalue weighted by atomic mass is 9.93. The molecule has 1 aliphatic heterocycles. The average molecular weight is 340 g/mol. The van der Waals surface area contributed by atoms with Crippen LogP contribution in [0.2, 0.25) is 5.15 Å².